The van der Waals surface area contributed by atoms with Crippen molar-refractivity contribution in [3.05, 3.63) is 41.7 Å². The molecule has 4 nitrogen and oxygen atoms in total. The van der Waals surface area contributed by atoms with Gasteiger partial charge in [0.1, 0.15) is 0 Å². The zero-order valence-electron chi connectivity index (χ0n) is 10.7. The van der Waals surface area contributed by atoms with Gasteiger partial charge in [-0.25, -0.2) is 0 Å². The van der Waals surface area contributed by atoms with Crippen LogP contribution in [0.25, 0.3) is 0 Å². The molecule has 1 aromatic rings. The molecular weight excluding hydrogens is 224 g/mol. The third-order valence-corrected chi connectivity index (χ3v) is 3.08. The Morgan fingerprint density at radius 2 is 1.94 bits per heavy atom. The van der Waals surface area contributed by atoms with Crippen LogP contribution in [-0.2, 0) is 0 Å². The summed E-state index contributed by atoms with van der Waals surface area (Å²) in [7, 11) is 0. The summed E-state index contributed by atoms with van der Waals surface area (Å²) in [6.45, 7) is 5.90. The lowest BCUT2D eigenvalue weighted by Crippen LogP contribution is -2.43. The van der Waals surface area contributed by atoms with E-state index in [1.807, 2.05) is 37.3 Å². The van der Waals surface area contributed by atoms with Crippen molar-refractivity contribution in [2.75, 3.05) is 31.5 Å². The average Bonchev–Trinajstić information content (AvgIpc) is 2.42. The monoisotopic (exact) mass is 244 g/mol. The van der Waals surface area contributed by atoms with Crippen LogP contribution in [0.2, 0.25) is 0 Å². The second kappa shape index (κ2) is 6.21. The van der Waals surface area contributed by atoms with Gasteiger partial charge < -0.3 is 20.9 Å². The summed E-state index contributed by atoms with van der Waals surface area (Å²) in [5.41, 5.74) is 3.06. The van der Waals surface area contributed by atoms with E-state index in [-0.39, 0.29) is 0 Å². The minimum absolute atomic E-state index is 0.957. The predicted molar refractivity (Wildman–Crippen MR) is 76.0 cm³/mol. The first-order valence-corrected chi connectivity index (χ1v) is 6.30. The minimum atomic E-state index is 0.957. The van der Waals surface area contributed by atoms with Crippen molar-refractivity contribution in [2.45, 2.75) is 6.92 Å². The SMILES string of the molecule is CC(Nc1ccccc1)=C(C=N)N1CCNCC1. The van der Waals surface area contributed by atoms with Gasteiger partial charge in [0, 0.05) is 43.8 Å². The Bertz CT molecular complexity index is 419. The summed E-state index contributed by atoms with van der Waals surface area (Å²) in [6, 6.07) is 10.1. The van der Waals surface area contributed by atoms with E-state index in [2.05, 4.69) is 15.5 Å². The molecule has 0 saturated carbocycles. The highest BCUT2D eigenvalue weighted by molar-refractivity contribution is 5.77. The summed E-state index contributed by atoms with van der Waals surface area (Å²) in [5.74, 6) is 0. The lowest BCUT2D eigenvalue weighted by atomic mass is 10.2. The van der Waals surface area contributed by atoms with Crippen LogP contribution in [-0.4, -0.2) is 37.3 Å². The first-order valence-electron chi connectivity index (χ1n) is 6.30. The Labute approximate surface area is 108 Å². The molecule has 0 aromatic heterocycles. The third kappa shape index (κ3) is 3.11. The molecule has 3 N–H and O–H groups in total. The van der Waals surface area contributed by atoms with E-state index >= 15 is 0 Å². The molecule has 2 rings (SSSR count). The van der Waals surface area contributed by atoms with Gasteiger partial charge in [0.05, 0.1) is 5.70 Å². The van der Waals surface area contributed by atoms with Crippen molar-refractivity contribution < 1.29 is 0 Å². The van der Waals surface area contributed by atoms with Gasteiger partial charge in [-0.3, -0.25) is 0 Å². The lowest BCUT2D eigenvalue weighted by molar-refractivity contribution is 0.311. The van der Waals surface area contributed by atoms with E-state index in [0.717, 1.165) is 43.3 Å². The number of rotatable bonds is 4. The van der Waals surface area contributed by atoms with Crippen molar-refractivity contribution in [1.29, 1.82) is 5.41 Å². The van der Waals surface area contributed by atoms with Crippen LogP contribution in [0.4, 0.5) is 5.69 Å². The van der Waals surface area contributed by atoms with Gasteiger partial charge in [0.15, 0.2) is 0 Å². The molecule has 0 unspecified atom stereocenters. The summed E-state index contributed by atoms with van der Waals surface area (Å²) >= 11 is 0. The zero-order valence-corrected chi connectivity index (χ0v) is 10.7. The van der Waals surface area contributed by atoms with Crippen LogP contribution in [0, 0.1) is 5.41 Å². The highest BCUT2D eigenvalue weighted by atomic mass is 15.2. The van der Waals surface area contributed by atoms with Crippen LogP contribution in [0.1, 0.15) is 6.92 Å². The summed E-state index contributed by atoms with van der Waals surface area (Å²) < 4.78 is 0. The van der Waals surface area contributed by atoms with Crippen LogP contribution in [0.5, 0.6) is 0 Å². The second-order valence-electron chi connectivity index (χ2n) is 4.38. The Morgan fingerprint density at radius 3 is 2.56 bits per heavy atom. The topological polar surface area (TPSA) is 51.2 Å². The maximum atomic E-state index is 7.61. The molecule has 0 spiro atoms. The minimum Gasteiger partial charge on any atom is -0.366 e. The molecule has 0 aliphatic carbocycles. The van der Waals surface area contributed by atoms with Crippen LogP contribution in [0.15, 0.2) is 41.7 Å². The van der Waals surface area contributed by atoms with Gasteiger partial charge in [0.2, 0.25) is 0 Å². The average molecular weight is 244 g/mol. The highest BCUT2D eigenvalue weighted by Gasteiger charge is 2.13. The number of benzene rings is 1. The molecule has 1 heterocycles. The van der Waals surface area contributed by atoms with Gasteiger partial charge in [-0.1, -0.05) is 18.2 Å². The van der Waals surface area contributed by atoms with Crippen LogP contribution in [0.3, 0.4) is 0 Å². The number of anilines is 1. The normalized spacial score (nSPS) is 17.1. The second-order valence-corrected chi connectivity index (χ2v) is 4.38. The van der Waals surface area contributed by atoms with Crippen molar-refractivity contribution in [2.24, 2.45) is 0 Å². The fraction of sp³-hybridized carbons (Fsp3) is 0.357. The number of para-hydroxylation sites is 1. The molecule has 0 amide bonds. The number of piperazine rings is 1. The molecule has 18 heavy (non-hydrogen) atoms. The maximum absolute atomic E-state index is 7.61. The Morgan fingerprint density at radius 1 is 1.28 bits per heavy atom. The Hall–Kier alpha value is -1.81. The zero-order chi connectivity index (χ0) is 12.8. The van der Waals surface area contributed by atoms with Gasteiger partial charge in [-0.05, 0) is 19.1 Å². The maximum Gasteiger partial charge on any atom is 0.0739 e. The molecule has 96 valence electrons. The van der Waals surface area contributed by atoms with Crippen molar-refractivity contribution in [3.63, 3.8) is 0 Å². The van der Waals surface area contributed by atoms with E-state index in [9.17, 15) is 0 Å². The number of hydrogen-bond acceptors (Lipinski definition) is 4. The van der Waals surface area contributed by atoms with E-state index in [4.69, 9.17) is 5.41 Å². The van der Waals surface area contributed by atoms with Gasteiger partial charge >= 0.3 is 0 Å². The number of allylic oxidation sites excluding steroid dienone is 2. The quantitative estimate of drug-likeness (QED) is 0.709. The molecule has 1 aromatic carbocycles. The fourth-order valence-corrected chi connectivity index (χ4v) is 2.14. The Balaban J connectivity index is 2.12. The van der Waals surface area contributed by atoms with E-state index in [0.29, 0.717) is 0 Å². The van der Waals surface area contributed by atoms with Gasteiger partial charge in [-0.15, -0.1) is 0 Å². The van der Waals surface area contributed by atoms with Crippen LogP contribution < -0.4 is 10.6 Å². The van der Waals surface area contributed by atoms with E-state index in [1.165, 1.54) is 6.21 Å². The molecule has 1 aliphatic rings. The van der Waals surface area contributed by atoms with E-state index < -0.39 is 0 Å². The Kier molecular flexibility index (Phi) is 4.36. The molecule has 1 saturated heterocycles. The largest absolute Gasteiger partial charge is 0.366 e. The molecule has 4 heteroatoms. The van der Waals surface area contributed by atoms with Crippen molar-refractivity contribution >= 4 is 11.9 Å². The van der Waals surface area contributed by atoms with Crippen LogP contribution >= 0.6 is 0 Å². The number of nitrogens with zero attached hydrogens (tertiary/aromatic N) is 1. The molecule has 0 atom stereocenters. The first-order chi connectivity index (χ1) is 8.81. The van der Waals surface area contributed by atoms with Crippen molar-refractivity contribution in [3.8, 4) is 0 Å². The van der Waals surface area contributed by atoms with E-state index in [1.54, 1.807) is 0 Å². The highest BCUT2D eigenvalue weighted by Crippen LogP contribution is 2.14. The smallest absolute Gasteiger partial charge is 0.0739 e. The molecule has 1 fully saturated rings. The molecule has 0 bridgehead atoms. The molecule has 0 radical (unpaired) electrons. The first kappa shape index (κ1) is 12.6. The standard InChI is InChI=1S/C14H20N4/c1-12(17-13-5-3-2-4-6-13)14(11-15)18-9-7-16-8-10-18/h2-6,11,15-17H,7-10H2,1H3. The molecular formula is C14H20N4. The summed E-state index contributed by atoms with van der Waals surface area (Å²) in [4.78, 5) is 2.24. The van der Waals surface area contributed by atoms with Gasteiger partial charge in [-0.2, -0.15) is 0 Å². The fourth-order valence-electron chi connectivity index (χ4n) is 2.14. The van der Waals surface area contributed by atoms with Crippen molar-refractivity contribution in [1.82, 2.24) is 10.2 Å². The molecule has 1 aliphatic heterocycles. The predicted octanol–water partition coefficient (Wildman–Crippen LogP) is 1.88. The third-order valence-electron chi connectivity index (χ3n) is 3.08. The lowest BCUT2D eigenvalue weighted by Gasteiger charge is -2.31. The number of hydrogen-bond donors (Lipinski definition) is 3. The summed E-state index contributed by atoms with van der Waals surface area (Å²) in [5, 5.41) is 14.3. The number of nitrogens with one attached hydrogen (secondary N) is 3. The summed E-state index contributed by atoms with van der Waals surface area (Å²) in [6.07, 6.45) is 1.44. The van der Waals surface area contributed by atoms with Gasteiger partial charge in [0.25, 0.3) is 0 Å².